The maximum absolute atomic E-state index is 11.5. The van der Waals surface area contributed by atoms with E-state index in [1.807, 2.05) is 48.7 Å². The van der Waals surface area contributed by atoms with Gasteiger partial charge in [-0.3, -0.25) is 0 Å². The van der Waals surface area contributed by atoms with Crippen LogP contribution >= 0.6 is 0 Å². The minimum Gasteiger partial charge on any atom is -0.442 e. The monoisotopic (exact) mass is 397 g/mol. The van der Waals surface area contributed by atoms with Gasteiger partial charge in [-0.05, 0) is 24.1 Å². The fourth-order valence-corrected chi connectivity index (χ4v) is 3.56. The number of primary amides is 1. The smallest absolute Gasteiger partial charge is 0.405 e. The molecule has 2 aromatic carbocycles. The molecule has 154 valence electrons. The van der Waals surface area contributed by atoms with E-state index in [0.29, 0.717) is 12.0 Å². The highest BCUT2D eigenvalue weighted by atomic mass is 16.6. The quantitative estimate of drug-likeness (QED) is 0.379. The molecule has 1 heterocycles. The third-order valence-electron chi connectivity index (χ3n) is 5.04. The number of hydrogen-bond donors (Lipinski definition) is 5. The van der Waals surface area contributed by atoms with Crippen LogP contribution in [0.15, 0.2) is 60.8 Å². The summed E-state index contributed by atoms with van der Waals surface area (Å²) in [4.78, 5) is 14.7. The minimum absolute atomic E-state index is 0.199. The van der Waals surface area contributed by atoms with E-state index < -0.39 is 23.8 Å². The van der Waals surface area contributed by atoms with Crippen molar-refractivity contribution < 1.29 is 19.7 Å². The van der Waals surface area contributed by atoms with E-state index in [1.165, 1.54) is 0 Å². The number of carbonyl (C=O) groups excluding carboxylic acids is 1. The van der Waals surface area contributed by atoms with Crippen LogP contribution in [-0.2, 0) is 11.2 Å². The number of amides is 1. The third-order valence-corrected chi connectivity index (χ3v) is 5.04. The Balaban J connectivity index is 1.76. The number of fused-ring (bicyclic) bond motifs is 1. The molecule has 6 N–H and O–H groups in total. The van der Waals surface area contributed by atoms with Gasteiger partial charge in [0.1, 0.15) is 5.60 Å². The highest BCUT2D eigenvalue weighted by molar-refractivity contribution is 5.83. The SMILES string of the molecule is CC(CNC(CO)C(O)c1ccccc1)(Cc1c[nH]c2ccccc12)OC(N)=O. The van der Waals surface area contributed by atoms with E-state index in [1.54, 1.807) is 19.1 Å². The molecular weight excluding hydrogens is 370 g/mol. The second kappa shape index (κ2) is 9.09. The van der Waals surface area contributed by atoms with Gasteiger partial charge < -0.3 is 31.0 Å². The van der Waals surface area contributed by atoms with E-state index in [0.717, 1.165) is 16.5 Å². The van der Waals surface area contributed by atoms with Crippen molar-refractivity contribution in [2.24, 2.45) is 5.73 Å². The van der Waals surface area contributed by atoms with Crippen molar-refractivity contribution in [2.75, 3.05) is 13.2 Å². The van der Waals surface area contributed by atoms with Gasteiger partial charge in [0.2, 0.25) is 0 Å². The number of aromatic nitrogens is 1. The molecule has 7 nitrogen and oxygen atoms in total. The number of nitrogens with two attached hydrogens (primary N) is 1. The molecule has 0 fully saturated rings. The van der Waals surface area contributed by atoms with Crippen LogP contribution in [-0.4, -0.2) is 46.1 Å². The van der Waals surface area contributed by atoms with Gasteiger partial charge in [-0.2, -0.15) is 0 Å². The van der Waals surface area contributed by atoms with E-state index in [9.17, 15) is 15.0 Å². The highest BCUT2D eigenvalue weighted by Crippen LogP contribution is 2.25. The molecule has 0 aliphatic heterocycles. The van der Waals surface area contributed by atoms with Crippen LogP contribution in [0.3, 0.4) is 0 Å². The first-order chi connectivity index (χ1) is 13.9. The van der Waals surface area contributed by atoms with Crippen molar-refractivity contribution in [3.63, 3.8) is 0 Å². The Kier molecular flexibility index (Phi) is 6.53. The molecule has 29 heavy (non-hydrogen) atoms. The van der Waals surface area contributed by atoms with Gasteiger partial charge in [-0.15, -0.1) is 0 Å². The number of hydrogen-bond acceptors (Lipinski definition) is 5. The average Bonchev–Trinajstić information content (AvgIpc) is 3.11. The standard InChI is InChI=1S/C22H27N3O4/c1-22(29-21(23)28,11-16-12-24-18-10-6-5-9-17(16)18)14-25-19(13-26)20(27)15-7-3-2-4-8-15/h2-10,12,19-20,24-27H,11,13-14H2,1H3,(H2,23,28). The number of nitrogens with one attached hydrogen (secondary N) is 2. The summed E-state index contributed by atoms with van der Waals surface area (Å²) >= 11 is 0. The predicted octanol–water partition coefficient (Wildman–Crippen LogP) is 2.25. The van der Waals surface area contributed by atoms with Crippen molar-refractivity contribution in [3.05, 3.63) is 71.9 Å². The van der Waals surface area contributed by atoms with Gasteiger partial charge in [0, 0.05) is 30.1 Å². The lowest BCUT2D eigenvalue weighted by Crippen LogP contribution is -2.50. The van der Waals surface area contributed by atoms with E-state index in [2.05, 4.69) is 10.3 Å². The van der Waals surface area contributed by atoms with Crippen molar-refractivity contribution in [3.8, 4) is 0 Å². The lowest BCUT2D eigenvalue weighted by atomic mass is 9.94. The fraction of sp³-hybridized carbons (Fsp3) is 0.318. The topological polar surface area (TPSA) is 121 Å². The van der Waals surface area contributed by atoms with E-state index in [4.69, 9.17) is 10.5 Å². The third kappa shape index (κ3) is 5.14. The van der Waals surface area contributed by atoms with Crippen molar-refractivity contribution in [1.29, 1.82) is 0 Å². The normalized spacial score (nSPS) is 15.6. The summed E-state index contributed by atoms with van der Waals surface area (Å²) < 4.78 is 5.44. The van der Waals surface area contributed by atoms with Crippen LogP contribution in [0.1, 0.15) is 24.2 Å². The van der Waals surface area contributed by atoms with Crippen LogP contribution in [0.2, 0.25) is 0 Å². The summed E-state index contributed by atoms with van der Waals surface area (Å²) in [5.41, 5.74) is 7.00. The van der Waals surface area contributed by atoms with Gasteiger partial charge in [0.05, 0.1) is 18.8 Å². The first-order valence-corrected chi connectivity index (χ1v) is 9.52. The van der Waals surface area contributed by atoms with E-state index in [-0.39, 0.29) is 13.2 Å². The summed E-state index contributed by atoms with van der Waals surface area (Å²) in [6.45, 7) is 1.69. The second-order valence-electron chi connectivity index (χ2n) is 7.43. The van der Waals surface area contributed by atoms with Gasteiger partial charge in [-0.1, -0.05) is 48.5 Å². The Morgan fingerprint density at radius 2 is 1.90 bits per heavy atom. The maximum atomic E-state index is 11.5. The van der Waals surface area contributed by atoms with Crippen LogP contribution in [0.4, 0.5) is 4.79 Å². The van der Waals surface area contributed by atoms with Crippen molar-refractivity contribution >= 4 is 17.0 Å². The molecular formula is C22H27N3O4. The molecule has 7 heteroatoms. The average molecular weight is 397 g/mol. The zero-order valence-corrected chi connectivity index (χ0v) is 16.3. The Hall–Kier alpha value is -2.87. The van der Waals surface area contributed by atoms with Crippen LogP contribution in [0.5, 0.6) is 0 Å². The molecule has 0 saturated heterocycles. The number of aliphatic hydroxyl groups is 2. The Bertz CT molecular complexity index is 943. The van der Waals surface area contributed by atoms with Gasteiger partial charge in [0.15, 0.2) is 0 Å². The largest absolute Gasteiger partial charge is 0.442 e. The molecule has 3 aromatic rings. The molecule has 0 aliphatic carbocycles. The molecule has 0 aliphatic rings. The molecule has 1 amide bonds. The molecule has 3 atom stereocenters. The fourth-order valence-electron chi connectivity index (χ4n) is 3.56. The number of carbonyl (C=O) groups is 1. The van der Waals surface area contributed by atoms with Gasteiger partial charge in [-0.25, -0.2) is 4.79 Å². The Labute approximate surface area is 169 Å². The van der Waals surface area contributed by atoms with Crippen LogP contribution < -0.4 is 11.1 Å². The molecule has 0 spiro atoms. The number of H-pyrrole nitrogens is 1. The Morgan fingerprint density at radius 1 is 1.21 bits per heavy atom. The number of aliphatic hydroxyl groups excluding tert-OH is 2. The molecule has 0 radical (unpaired) electrons. The highest BCUT2D eigenvalue weighted by Gasteiger charge is 2.32. The van der Waals surface area contributed by atoms with Crippen molar-refractivity contribution in [1.82, 2.24) is 10.3 Å². The molecule has 0 saturated carbocycles. The predicted molar refractivity (Wildman–Crippen MR) is 111 cm³/mol. The van der Waals surface area contributed by atoms with E-state index >= 15 is 0 Å². The number of para-hydroxylation sites is 1. The number of rotatable bonds is 9. The molecule has 3 unspecified atom stereocenters. The first kappa shape index (κ1) is 20.9. The first-order valence-electron chi connectivity index (χ1n) is 9.52. The number of benzene rings is 2. The summed E-state index contributed by atoms with van der Waals surface area (Å²) in [5, 5.41) is 24.5. The van der Waals surface area contributed by atoms with Crippen LogP contribution in [0.25, 0.3) is 10.9 Å². The number of ether oxygens (including phenoxy) is 1. The minimum atomic E-state index is -0.972. The maximum Gasteiger partial charge on any atom is 0.405 e. The second-order valence-corrected chi connectivity index (χ2v) is 7.43. The zero-order chi connectivity index (χ0) is 20.9. The summed E-state index contributed by atoms with van der Waals surface area (Å²) in [6, 6.07) is 16.3. The van der Waals surface area contributed by atoms with Crippen LogP contribution in [0, 0.1) is 0 Å². The zero-order valence-electron chi connectivity index (χ0n) is 16.3. The molecule has 0 bridgehead atoms. The van der Waals surface area contributed by atoms with Gasteiger partial charge >= 0.3 is 6.09 Å². The lowest BCUT2D eigenvalue weighted by molar-refractivity contribution is 0.0184. The van der Waals surface area contributed by atoms with Crippen molar-refractivity contribution in [2.45, 2.75) is 31.1 Å². The summed E-state index contributed by atoms with van der Waals surface area (Å²) in [7, 11) is 0. The summed E-state index contributed by atoms with van der Waals surface area (Å²) in [6.07, 6.45) is 0.507. The van der Waals surface area contributed by atoms with Gasteiger partial charge in [0.25, 0.3) is 0 Å². The lowest BCUT2D eigenvalue weighted by Gasteiger charge is -2.32. The Morgan fingerprint density at radius 3 is 2.59 bits per heavy atom. The summed E-state index contributed by atoms with van der Waals surface area (Å²) in [5.74, 6) is 0. The number of aromatic amines is 1. The molecule has 3 rings (SSSR count). The molecule has 1 aromatic heterocycles.